The molecule has 2 nitrogen and oxygen atoms in total. The van der Waals surface area contributed by atoms with E-state index < -0.39 is 0 Å². The van der Waals surface area contributed by atoms with Gasteiger partial charge in [0.15, 0.2) is 0 Å². The molecule has 0 amide bonds. The molecular weight excluding hydrogens is 174 g/mol. The van der Waals surface area contributed by atoms with E-state index in [0.29, 0.717) is 5.92 Å². The molecule has 1 atom stereocenters. The molecule has 0 aliphatic carbocycles. The molecule has 0 saturated carbocycles. The standard InChI is InChI=1S/C9H18ClNO/c1-8(5-6-10)7-9(2,3)11(4)12/h5-6,8,12H,7H2,1-4H3/b6-5+. The van der Waals surface area contributed by atoms with Crippen molar-refractivity contribution >= 4 is 11.6 Å². The first-order valence-electron chi connectivity index (χ1n) is 4.09. The van der Waals surface area contributed by atoms with Crippen LogP contribution in [0.4, 0.5) is 0 Å². The molecule has 0 saturated heterocycles. The van der Waals surface area contributed by atoms with Crippen LogP contribution in [-0.4, -0.2) is 22.9 Å². The average molecular weight is 192 g/mol. The maximum absolute atomic E-state index is 9.27. The SMILES string of the molecule is CC(/C=C/Cl)CC(C)(C)N(C)O. The Balaban J connectivity index is 4.05. The summed E-state index contributed by atoms with van der Waals surface area (Å²) in [6.45, 7) is 6.06. The molecule has 1 unspecified atom stereocenters. The Hall–Kier alpha value is -0.0500. The van der Waals surface area contributed by atoms with Crippen molar-refractivity contribution in [3.63, 3.8) is 0 Å². The topological polar surface area (TPSA) is 23.5 Å². The van der Waals surface area contributed by atoms with Gasteiger partial charge in [0, 0.05) is 18.1 Å². The third-order valence-corrected chi connectivity index (χ3v) is 2.24. The Labute approximate surface area is 79.8 Å². The summed E-state index contributed by atoms with van der Waals surface area (Å²) in [6, 6.07) is 0. The Bertz CT molecular complexity index is 155. The van der Waals surface area contributed by atoms with Crippen LogP contribution < -0.4 is 0 Å². The molecule has 0 aromatic rings. The number of hydrogen-bond donors (Lipinski definition) is 1. The fourth-order valence-corrected chi connectivity index (χ4v) is 1.36. The van der Waals surface area contributed by atoms with Crippen molar-refractivity contribution in [3.05, 3.63) is 11.6 Å². The fourth-order valence-electron chi connectivity index (χ4n) is 1.11. The van der Waals surface area contributed by atoms with E-state index in [2.05, 4.69) is 6.92 Å². The van der Waals surface area contributed by atoms with Crippen LogP contribution in [0.3, 0.4) is 0 Å². The number of nitrogens with zero attached hydrogens (tertiary/aromatic N) is 1. The van der Waals surface area contributed by atoms with Crippen molar-refractivity contribution in [2.24, 2.45) is 5.92 Å². The fraction of sp³-hybridized carbons (Fsp3) is 0.778. The first kappa shape index (κ1) is 11.9. The van der Waals surface area contributed by atoms with E-state index in [1.807, 2.05) is 19.9 Å². The molecule has 0 spiro atoms. The van der Waals surface area contributed by atoms with Gasteiger partial charge in [0.05, 0.1) is 0 Å². The highest BCUT2D eigenvalue weighted by Gasteiger charge is 2.23. The summed E-state index contributed by atoms with van der Waals surface area (Å²) in [6.07, 6.45) is 2.80. The van der Waals surface area contributed by atoms with Crippen LogP contribution in [-0.2, 0) is 0 Å². The molecule has 72 valence electrons. The summed E-state index contributed by atoms with van der Waals surface area (Å²) in [4.78, 5) is 0. The molecule has 0 aliphatic rings. The first-order chi connectivity index (χ1) is 5.40. The van der Waals surface area contributed by atoms with Crippen LogP contribution in [0.5, 0.6) is 0 Å². The van der Waals surface area contributed by atoms with Crippen molar-refractivity contribution in [1.82, 2.24) is 5.06 Å². The van der Waals surface area contributed by atoms with Crippen LogP contribution in [0.1, 0.15) is 27.2 Å². The summed E-state index contributed by atoms with van der Waals surface area (Å²) < 4.78 is 0. The molecular formula is C9H18ClNO. The number of hydroxylamine groups is 2. The number of allylic oxidation sites excluding steroid dienone is 1. The molecule has 0 aromatic heterocycles. The molecule has 0 radical (unpaired) electrons. The van der Waals surface area contributed by atoms with Gasteiger partial charge in [0.25, 0.3) is 0 Å². The van der Waals surface area contributed by atoms with Gasteiger partial charge in [-0.05, 0) is 26.2 Å². The maximum Gasteiger partial charge on any atom is 0.0406 e. The number of rotatable bonds is 4. The van der Waals surface area contributed by atoms with E-state index in [1.165, 1.54) is 10.6 Å². The lowest BCUT2D eigenvalue weighted by Crippen LogP contribution is -2.39. The first-order valence-corrected chi connectivity index (χ1v) is 4.53. The molecule has 0 fully saturated rings. The summed E-state index contributed by atoms with van der Waals surface area (Å²) in [5.74, 6) is 0.382. The predicted molar refractivity (Wildman–Crippen MR) is 52.4 cm³/mol. The van der Waals surface area contributed by atoms with E-state index >= 15 is 0 Å². The van der Waals surface area contributed by atoms with E-state index in [-0.39, 0.29) is 5.54 Å². The van der Waals surface area contributed by atoms with Gasteiger partial charge in [-0.2, -0.15) is 5.06 Å². The summed E-state index contributed by atoms with van der Waals surface area (Å²) >= 11 is 5.45. The molecule has 1 N–H and O–H groups in total. The van der Waals surface area contributed by atoms with Crippen LogP contribution in [0.2, 0.25) is 0 Å². The predicted octanol–water partition coefficient (Wildman–Crippen LogP) is 2.86. The highest BCUT2D eigenvalue weighted by Crippen LogP contribution is 2.21. The largest absolute Gasteiger partial charge is 0.314 e. The number of hydrogen-bond acceptors (Lipinski definition) is 2. The van der Waals surface area contributed by atoms with Crippen LogP contribution in [0.25, 0.3) is 0 Å². The molecule has 0 rings (SSSR count). The zero-order valence-corrected chi connectivity index (χ0v) is 8.97. The normalized spacial score (nSPS) is 15.9. The van der Waals surface area contributed by atoms with Crippen molar-refractivity contribution in [3.8, 4) is 0 Å². The van der Waals surface area contributed by atoms with Gasteiger partial charge in [-0.3, -0.25) is 0 Å². The van der Waals surface area contributed by atoms with Gasteiger partial charge in [-0.15, -0.1) is 0 Å². The van der Waals surface area contributed by atoms with Crippen molar-refractivity contribution in [2.75, 3.05) is 7.05 Å². The van der Waals surface area contributed by atoms with Crippen molar-refractivity contribution in [2.45, 2.75) is 32.7 Å². The van der Waals surface area contributed by atoms with Gasteiger partial charge in [-0.1, -0.05) is 24.6 Å². The van der Waals surface area contributed by atoms with Gasteiger partial charge < -0.3 is 5.21 Å². The highest BCUT2D eigenvalue weighted by molar-refractivity contribution is 6.25. The summed E-state index contributed by atoms with van der Waals surface area (Å²) in [7, 11) is 1.66. The average Bonchev–Trinajstić information content (AvgIpc) is 1.85. The second-order valence-electron chi connectivity index (χ2n) is 3.84. The Morgan fingerprint density at radius 2 is 2.08 bits per heavy atom. The van der Waals surface area contributed by atoms with E-state index in [0.717, 1.165) is 6.42 Å². The zero-order valence-electron chi connectivity index (χ0n) is 8.21. The lowest BCUT2D eigenvalue weighted by atomic mass is 9.92. The third-order valence-electron chi connectivity index (χ3n) is 2.10. The summed E-state index contributed by atoms with van der Waals surface area (Å²) in [5.41, 5.74) is 1.33. The second-order valence-corrected chi connectivity index (χ2v) is 4.09. The van der Waals surface area contributed by atoms with Gasteiger partial charge in [0.1, 0.15) is 0 Å². The molecule has 0 bridgehead atoms. The lowest BCUT2D eigenvalue weighted by molar-refractivity contribution is -0.144. The Morgan fingerprint density at radius 1 is 1.58 bits per heavy atom. The van der Waals surface area contributed by atoms with Crippen LogP contribution in [0.15, 0.2) is 11.6 Å². The monoisotopic (exact) mass is 191 g/mol. The van der Waals surface area contributed by atoms with Crippen molar-refractivity contribution in [1.29, 1.82) is 0 Å². The van der Waals surface area contributed by atoms with Crippen LogP contribution in [0, 0.1) is 5.92 Å². The second kappa shape index (κ2) is 4.85. The Kier molecular flexibility index (Phi) is 4.83. The minimum atomic E-state index is -0.199. The minimum absolute atomic E-state index is 0.199. The van der Waals surface area contributed by atoms with Crippen molar-refractivity contribution < 1.29 is 5.21 Å². The minimum Gasteiger partial charge on any atom is -0.314 e. The quantitative estimate of drug-likeness (QED) is 0.691. The van der Waals surface area contributed by atoms with Crippen LogP contribution >= 0.6 is 11.6 Å². The molecule has 12 heavy (non-hydrogen) atoms. The lowest BCUT2D eigenvalue weighted by Gasteiger charge is -2.32. The van der Waals surface area contributed by atoms with E-state index in [1.54, 1.807) is 7.05 Å². The smallest absolute Gasteiger partial charge is 0.0406 e. The molecule has 3 heteroatoms. The molecule has 0 aromatic carbocycles. The zero-order chi connectivity index (χ0) is 9.78. The molecule has 0 heterocycles. The number of halogens is 1. The van der Waals surface area contributed by atoms with Gasteiger partial charge in [0.2, 0.25) is 0 Å². The van der Waals surface area contributed by atoms with Gasteiger partial charge >= 0.3 is 0 Å². The van der Waals surface area contributed by atoms with Gasteiger partial charge in [-0.25, -0.2) is 0 Å². The van der Waals surface area contributed by atoms with E-state index in [4.69, 9.17) is 11.6 Å². The highest BCUT2D eigenvalue weighted by atomic mass is 35.5. The van der Waals surface area contributed by atoms with E-state index in [9.17, 15) is 5.21 Å². The third kappa shape index (κ3) is 4.10. The maximum atomic E-state index is 9.27. The summed E-state index contributed by atoms with van der Waals surface area (Å²) in [5, 5.41) is 10.5. The Morgan fingerprint density at radius 3 is 2.42 bits per heavy atom. The molecule has 0 aliphatic heterocycles.